The highest BCUT2D eigenvalue weighted by Crippen LogP contribution is 2.39. The van der Waals surface area contributed by atoms with Crippen molar-refractivity contribution in [3.8, 4) is 0 Å². The summed E-state index contributed by atoms with van der Waals surface area (Å²) in [5.41, 5.74) is 12.5. The molecule has 0 N–H and O–H groups in total. The fraction of sp³-hybridized carbons (Fsp3) is 0.421. The molecule has 8 nitrogen and oxygen atoms in total. The van der Waals surface area contributed by atoms with E-state index in [0.717, 1.165) is 74.4 Å². The maximum atomic E-state index is 4.62. The molecule has 4 aliphatic rings. The first-order valence-corrected chi connectivity index (χ1v) is 17.4. The third kappa shape index (κ3) is 6.30. The Morgan fingerprint density at radius 2 is 0.783 bits per heavy atom. The summed E-state index contributed by atoms with van der Waals surface area (Å²) in [7, 11) is 0. The van der Waals surface area contributed by atoms with E-state index in [-0.39, 0.29) is 0 Å². The third-order valence-electron chi connectivity index (χ3n) is 10.0. The molecule has 0 saturated carbocycles. The Hall–Kier alpha value is -4.46. The van der Waals surface area contributed by atoms with Gasteiger partial charge in [0.05, 0.1) is 22.7 Å². The highest BCUT2D eigenvalue weighted by molar-refractivity contribution is 5.68. The maximum Gasteiger partial charge on any atom is 0.171 e. The van der Waals surface area contributed by atoms with Crippen LogP contribution in [0, 0.1) is 0 Å². The summed E-state index contributed by atoms with van der Waals surface area (Å²) in [5, 5.41) is 18.4. The molecule has 8 heteroatoms. The molecule has 0 bridgehead atoms. The maximum absolute atomic E-state index is 4.62. The van der Waals surface area contributed by atoms with Crippen LogP contribution in [0.1, 0.15) is 60.8 Å². The molecule has 0 unspecified atom stereocenters. The monoisotopic (exact) mass is 612 g/mol. The van der Waals surface area contributed by atoms with Gasteiger partial charge in [0.2, 0.25) is 0 Å². The molecule has 4 aromatic rings. The van der Waals surface area contributed by atoms with Gasteiger partial charge in [-0.05, 0) is 97.9 Å². The highest BCUT2D eigenvalue weighted by Gasteiger charge is 2.25. The number of rotatable bonds is 9. The second-order valence-corrected chi connectivity index (χ2v) is 13.3. The molecule has 0 spiro atoms. The predicted molar refractivity (Wildman–Crippen MR) is 181 cm³/mol. The molecule has 0 atom stereocenters. The van der Waals surface area contributed by atoms with Crippen molar-refractivity contribution in [3.05, 3.63) is 95.6 Å². The third-order valence-corrected chi connectivity index (χ3v) is 10.0. The van der Waals surface area contributed by atoms with E-state index in [4.69, 9.17) is 0 Å². The van der Waals surface area contributed by atoms with Crippen molar-refractivity contribution in [1.29, 1.82) is 0 Å². The quantitative estimate of drug-likeness (QED) is 0.109. The Morgan fingerprint density at radius 1 is 0.457 bits per heavy atom. The lowest BCUT2D eigenvalue weighted by atomic mass is 9.91. The molecular weight excluding hydrogens is 568 g/mol. The molecule has 0 amide bonds. The SMILES string of the molecule is c1c[n+](CCCC[n+]2ccc(/N=N/c3cc4c5c(c3)CCCN5CCC4)cc2)ccc1/N=N/c1cc2c3c(c1)CCCN3CCC2. The van der Waals surface area contributed by atoms with Crippen molar-refractivity contribution < 1.29 is 9.13 Å². The van der Waals surface area contributed by atoms with Crippen molar-refractivity contribution in [2.24, 2.45) is 20.5 Å². The average Bonchev–Trinajstić information content (AvgIpc) is 3.10. The molecule has 0 aliphatic carbocycles. The van der Waals surface area contributed by atoms with Gasteiger partial charge < -0.3 is 9.80 Å². The van der Waals surface area contributed by atoms with Crippen molar-refractivity contribution in [2.75, 3.05) is 36.0 Å². The van der Waals surface area contributed by atoms with Crippen LogP contribution < -0.4 is 18.9 Å². The number of anilines is 2. The first-order valence-electron chi connectivity index (χ1n) is 17.4. The zero-order valence-corrected chi connectivity index (χ0v) is 26.8. The van der Waals surface area contributed by atoms with Crippen LogP contribution in [0.25, 0.3) is 0 Å². The first-order chi connectivity index (χ1) is 22.7. The molecule has 2 aromatic heterocycles. The van der Waals surface area contributed by atoms with E-state index >= 15 is 0 Å². The van der Waals surface area contributed by atoms with E-state index in [0.29, 0.717) is 0 Å². The van der Waals surface area contributed by atoms with Crippen LogP contribution in [0.15, 0.2) is 93.8 Å². The van der Waals surface area contributed by atoms with Crippen molar-refractivity contribution in [2.45, 2.75) is 77.3 Å². The number of aromatic nitrogens is 2. The van der Waals surface area contributed by atoms with Crippen LogP contribution in [0.4, 0.5) is 34.1 Å². The van der Waals surface area contributed by atoms with Gasteiger partial charge in [-0.3, -0.25) is 0 Å². The number of aryl methyl sites for hydroxylation is 6. The van der Waals surface area contributed by atoms with Crippen LogP contribution in [0.5, 0.6) is 0 Å². The Kier molecular flexibility index (Phi) is 8.26. The molecule has 0 saturated heterocycles. The summed E-state index contributed by atoms with van der Waals surface area (Å²) >= 11 is 0. The Balaban J connectivity index is 0.811. The second-order valence-electron chi connectivity index (χ2n) is 13.3. The van der Waals surface area contributed by atoms with Crippen LogP contribution in [0.2, 0.25) is 0 Å². The van der Waals surface area contributed by atoms with Gasteiger partial charge >= 0.3 is 0 Å². The van der Waals surface area contributed by atoms with E-state index < -0.39 is 0 Å². The van der Waals surface area contributed by atoms with Gasteiger partial charge in [0.15, 0.2) is 24.8 Å². The van der Waals surface area contributed by atoms with Gasteiger partial charge in [0.1, 0.15) is 13.1 Å². The molecule has 46 heavy (non-hydrogen) atoms. The second kappa shape index (κ2) is 13.1. The predicted octanol–water partition coefficient (Wildman–Crippen LogP) is 7.97. The molecule has 2 aromatic carbocycles. The molecule has 4 aliphatic heterocycles. The Morgan fingerprint density at radius 3 is 1.13 bits per heavy atom. The van der Waals surface area contributed by atoms with Gasteiger partial charge in [-0.2, -0.15) is 20.5 Å². The zero-order valence-electron chi connectivity index (χ0n) is 26.8. The lowest BCUT2D eigenvalue weighted by Gasteiger charge is -2.36. The van der Waals surface area contributed by atoms with E-state index in [1.54, 1.807) is 0 Å². The van der Waals surface area contributed by atoms with Crippen molar-refractivity contribution >= 4 is 34.1 Å². The van der Waals surface area contributed by atoms with Gasteiger partial charge in [0, 0.05) is 74.7 Å². The smallest absolute Gasteiger partial charge is 0.171 e. The fourth-order valence-electron chi connectivity index (χ4n) is 7.84. The topological polar surface area (TPSA) is 63.7 Å². The van der Waals surface area contributed by atoms with E-state index in [1.165, 1.54) is 85.5 Å². The molecule has 234 valence electrons. The fourth-order valence-corrected chi connectivity index (χ4v) is 7.84. The Labute approximate surface area is 272 Å². The first kappa shape index (κ1) is 29.0. The van der Waals surface area contributed by atoms with Crippen molar-refractivity contribution in [1.82, 2.24) is 0 Å². The summed E-state index contributed by atoms with van der Waals surface area (Å²) in [6.45, 7) is 6.74. The van der Waals surface area contributed by atoms with E-state index in [2.05, 4.69) is 113 Å². The van der Waals surface area contributed by atoms with E-state index in [1.807, 2.05) is 0 Å². The summed E-state index contributed by atoms with van der Waals surface area (Å²) in [4.78, 5) is 5.13. The molecular formula is C38H44N8+2. The normalized spacial score (nSPS) is 17.0. The largest absolute Gasteiger partial charge is 0.371 e. The van der Waals surface area contributed by atoms with Crippen LogP contribution in [-0.4, -0.2) is 26.2 Å². The van der Waals surface area contributed by atoms with Crippen LogP contribution in [0.3, 0.4) is 0 Å². The number of hydrogen-bond donors (Lipinski definition) is 0. The van der Waals surface area contributed by atoms with Gasteiger partial charge in [-0.25, -0.2) is 9.13 Å². The number of azo groups is 2. The number of nitrogens with zero attached hydrogens (tertiary/aromatic N) is 8. The standard InChI is InChI=1S/C38H44N8/c1(15-43-21-11-33(12-22-43)39-41-35-25-29-7-3-17-45-18-4-8-30(26-35)37(29)45)2-16-44-23-13-34(14-24-44)40-42-36-27-31-9-5-19-46-20-6-10-32(28-36)38(31)46/h11-14,21-28H,1-10,15-20H2/q+2. The number of benzene rings is 2. The minimum atomic E-state index is 0.893. The molecule has 8 rings (SSSR count). The van der Waals surface area contributed by atoms with Gasteiger partial charge in [-0.15, -0.1) is 0 Å². The summed E-state index contributed by atoms with van der Waals surface area (Å²) in [5.74, 6) is 0. The van der Waals surface area contributed by atoms with Crippen LogP contribution >= 0.6 is 0 Å². The lowest BCUT2D eigenvalue weighted by molar-refractivity contribution is -0.708. The van der Waals surface area contributed by atoms with Gasteiger partial charge in [0.25, 0.3) is 0 Å². The molecule has 0 fully saturated rings. The number of pyridine rings is 2. The Bertz CT molecular complexity index is 1570. The highest BCUT2D eigenvalue weighted by atomic mass is 15.2. The number of unbranched alkanes of at least 4 members (excludes halogenated alkanes) is 1. The number of hydrogen-bond acceptors (Lipinski definition) is 6. The molecule has 6 heterocycles. The van der Waals surface area contributed by atoms with E-state index in [9.17, 15) is 0 Å². The summed E-state index contributed by atoms with van der Waals surface area (Å²) in [6.07, 6.45) is 20.2. The summed E-state index contributed by atoms with van der Waals surface area (Å²) in [6, 6.07) is 17.2. The minimum Gasteiger partial charge on any atom is -0.371 e. The summed E-state index contributed by atoms with van der Waals surface area (Å²) < 4.78 is 4.47. The minimum absolute atomic E-state index is 0.893. The zero-order chi connectivity index (χ0) is 30.7. The molecule has 0 radical (unpaired) electrons. The van der Waals surface area contributed by atoms with Crippen LogP contribution in [-0.2, 0) is 38.8 Å². The van der Waals surface area contributed by atoms with Crippen molar-refractivity contribution in [3.63, 3.8) is 0 Å². The lowest BCUT2D eigenvalue weighted by Crippen LogP contribution is -2.35. The average molecular weight is 613 g/mol. The van der Waals surface area contributed by atoms with Gasteiger partial charge in [-0.1, -0.05) is 0 Å².